The highest BCUT2D eigenvalue weighted by molar-refractivity contribution is 6.31. The first kappa shape index (κ1) is 18.1. The highest BCUT2D eigenvalue weighted by Gasteiger charge is 2.24. The molecule has 0 atom stereocenters. The van der Waals surface area contributed by atoms with Gasteiger partial charge in [-0.05, 0) is 38.1 Å². The molecule has 9 heteroatoms. The van der Waals surface area contributed by atoms with Gasteiger partial charge < -0.3 is 4.90 Å². The van der Waals surface area contributed by atoms with E-state index in [2.05, 4.69) is 10.2 Å². The van der Waals surface area contributed by atoms with E-state index in [-0.39, 0.29) is 11.7 Å². The van der Waals surface area contributed by atoms with Crippen LogP contribution in [0.15, 0.2) is 42.5 Å². The Morgan fingerprint density at radius 1 is 1.18 bits per heavy atom. The summed E-state index contributed by atoms with van der Waals surface area (Å²) in [5, 5.41) is 21.5. The van der Waals surface area contributed by atoms with E-state index < -0.39 is 4.92 Å². The van der Waals surface area contributed by atoms with E-state index >= 15 is 0 Å². The number of benzene rings is 2. The number of para-hydroxylation sites is 1. The van der Waals surface area contributed by atoms with Crippen LogP contribution in [-0.4, -0.2) is 37.6 Å². The number of nitrogens with zero attached hydrogens (tertiary/aromatic N) is 6. The molecule has 4 aromatic rings. The normalized spacial score (nSPS) is 11.5. The zero-order chi connectivity index (χ0) is 20.0. The largest absolute Gasteiger partial charge is 0.342 e. The Kier molecular flexibility index (Phi) is 4.35. The van der Waals surface area contributed by atoms with E-state index in [4.69, 9.17) is 16.6 Å². The second-order valence-electron chi connectivity index (χ2n) is 6.73. The van der Waals surface area contributed by atoms with Crippen molar-refractivity contribution in [2.24, 2.45) is 0 Å². The Bertz CT molecular complexity index is 1220. The maximum Gasteiger partial charge on any atom is 0.280 e. The van der Waals surface area contributed by atoms with Crippen LogP contribution in [0.4, 0.5) is 11.6 Å². The second kappa shape index (κ2) is 6.72. The van der Waals surface area contributed by atoms with Crippen LogP contribution >= 0.6 is 11.6 Å². The van der Waals surface area contributed by atoms with E-state index in [9.17, 15) is 10.1 Å². The first-order chi connectivity index (χ1) is 13.4. The van der Waals surface area contributed by atoms with Gasteiger partial charge in [-0.1, -0.05) is 23.7 Å². The van der Waals surface area contributed by atoms with Crippen molar-refractivity contribution in [3.8, 4) is 11.4 Å². The molecule has 2 aromatic carbocycles. The van der Waals surface area contributed by atoms with Gasteiger partial charge in [-0.25, -0.2) is 9.38 Å². The summed E-state index contributed by atoms with van der Waals surface area (Å²) in [6.45, 7) is 4.06. The minimum atomic E-state index is -0.420. The van der Waals surface area contributed by atoms with Gasteiger partial charge in [-0.2, -0.15) is 0 Å². The first-order valence-electron chi connectivity index (χ1n) is 8.69. The van der Waals surface area contributed by atoms with Gasteiger partial charge in [0.25, 0.3) is 5.69 Å². The molecule has 0 spiro atoms. The standard InChI is InChI=1S/C19H17ClN6O2/c1-11(2)24(3)19-21-15-10-12(20)8-9-13(15)17-22-23-18(25(17)19)14-6-4-5-7-16(14)26(27)28/h4-11H,1-3H3. The maximum absolute atomic E-state index is 11.5. The molecule has 142 valence electrons. The molecule has 0 saturated carbocycles. The van der Waals surface area contributed by atoms with E-state index in [1.165, 1.54) is 6.07 Å². The molecule has 0 bridgehead atoms. The summed E-state index contributed by atoms with van der Waals surface area (Å²) < 4.78 is 1.76. The topological polar surface area (TPSA) is 89.5 Å². The minimum Gasteiger partial charge on any atom is -0.342 e. The lowest BCUT2D eigenvalue weighted by atomic mass is 10.1. The molecular weight excluding hydrogens is 380 g/mol. The summed E-state index contributed by atoms with van der Waals surface area (Å²) in [5.74, 6) is 0.951. The molecule has 0 radical (unpaired) electrons. The fraction of sp³-hybridized carbons (Fsp3) is 0.211. The quantitative estimate of drug-likeness (QED) is 0.376. The highest BCUT2D eigenvalue weighted by atomic mass is 35.5. The van der Waals surface area contributed by atoms with Gasteiger partial charge in [0.15, 0.2) is 11.5 Å². The van der Waals surface area contributed by atoms with Crippen LogP contribution in [0.1, 0.15) is 13.8 Å². The number of rotatable bonds is 4. The van der Waals surface area contributed by atoms with Gasteiger partial charge in [-0.15, -0.1) is 10.2 Å². The van der Waals surface area contributed by atoms with Crippen LogP contribution in [0.5, 0.6) is 0 Å². The summed E-state index contributed by atoms with van der Waals surface area (Å²) in [7, 11) is 1.91. The third-order valence-corrected chi connectivity index (χ3v) is 4.95. The molecule has 0 aliphatic carbocycles. The molecule has 0 unspecified atom stereocenters. The molecule has 0 saturated heterocycles. The van der Waals surface area contributed by atoms with Gasteiger partial charge in [0.05, 0.1) is 16.0 Å². The summed E-state index contributed by atoms with van der Waals surface area (Å²) in [6, 6.07) is 12.0. The van der Waals surface area contributed by atoms with Crippen LogP contribution < -0.4 is 4.90 Å². The fourth-order valence-electron chi connectivity index (χ4n) is 3.06. The van der Waals surface area contributed by atoms with Crippen molar-refractivity contribution in [1.82, 2.24) is 19.6 Å². The van der Waals surface area contributed by atoms with Crippen LogP contribution in [0.25, 0.3) is 27.9 Å². The van der Waals surface area contributed by atoms with Crippen molar-refractivity contribution in [2.45, 2.75) is 19.9 Å². The van der Waals surface area contributed by atoms with Gasteiger partial charge in [-0.3, -0.25) is 10.1 Å². The van der Waals surface area contributed by atoms with Crippen LogP contribution in [0.3, 0.4) is 0 Å². The summed E-state index contributed by atoms with van der Waals surface area (Å²) >= 11 is 6.15. The molecule has 8 nitrogen and oxygen atoms in total. The van der Waals surface area contributed by atoms with E-state index in [0.29, 0.717) is 33.5 Å². The summed E-state index contributed by atoms with van der Waals surface area (Å²) in [6.07, 6.45) is 0. The average Bonchev–Trinajstić information content (AvgIpc) is 3.11. The molecule has 2 heterocycles. The van der Waals surface area contributed by atoms with Crippen LogP contribution in [-0.2, 0) is 0 Å². The van der Waals surface area contributed by atoms with Gasteiger partial charge in [0.1, 0.15) is 0 Å². The molecule has 2 aromatic heterocycles. The molecule has 0 amide bonds. The number of hydrogen-bond acceptors (Lipinski definition) is 6. The monoisotopic (exact) mass is 396 g/mol. The lowest BCUT2D eigenvalue weighted by molar-refractivity contribution is -0.384. The number of halogens is 1. The third kappa shape index (κ3) is 2.82. The van der Waals surface area contributed by atoms with Gasteiger partial charge in [0, 0.05) is 29.6 Å². The summed E-state index contributed by atoms with van der Waals surface area (Å²) in [5.41, 5.74) is 1.60. The van der Waals surface area contributed by atoms with Gasteiger partial charge >= 0.3 is 0 Å². The maximum atomic E-state index is 11.5. The van der Waals surface area contributed by atoms with Gasteiger partial charge in [0.2, 0.25) is 5.95 Å². The van der Waals surface area contributed by atoms with Crippen LogP contribution in [0, 0.1) is 10.1 Å². The molecule has 0 aliphatic rings. The predicted octanol–water partition coefficient (Wildman–Crippen LogP) is 4.35. The zero-order valence-corrected chi connectivity index (χ0v) is 16.3. The lowest BCUT2D eigenvalue weighted by Crippen LogP contribution is -2.29. The Morgan fingerprint density at radius 3 is 2.64 bits per heavy atom. The molecule has 0 fully saturated rings. The van der Waals surface area contributed by atoms with E-state index in [0.717, 1.165) is 5.39 Å². The Morgan fingerprint density at radius 2 is 1.93 bits per heavy atom. The average molecular weight is 397 g/mol. The molecule has 28 heavy (non-hydrogen) atoms. The van der Waals surface area contributed by atoms with Crippen molar-refractivity contribution in [1.29, 1.82) is 0 Å². The SMILES string of the molecule is CC(C)N(C)c1nc2cc(Cl)ccc2c2nnc(-c3ccccc3[N+](=O)[O-])n12. The first-order valence-corrected chi connectivity index (χ1v) is 9.07. The Hall–Kier alpha value is -3.26. The Balaban J connectivity index is 2.13. The van der Waals surface area contributed by atoms with Crippen LogP contribution in [0.2, 0.25) is 5.02 Å². The number of anilines is 1. The highest BCUT2D eigenvalue weighted by Crippen LogP contribution is 2.33. The summed E-state index contributed by atoms with van der Waals surface area (Å²) in [4.78, 5) is 17.9. The van der Waals surface area contributed by atoms with E-state index in [1.54, 1.807) is 34.7 Å². The third-order valence-electron chi connectivity index (χ3n) is 4.72. The number of hydrogen-bond donors (Lipinski definition) is 0. The number of aromatic nitrogens is 4. The number of fused-ring (bicyclic) bond motifs is 3. The number of nitro benzene ring substituents is 1. The molecule has 0 aliphatic heterocycles. The molecule has 0 N–H and O–H groups in total. The molecule has 4 rings (SSSR count). The van der Waals surface area contributed by atoms with Crippen molar-refractivity contribution in [3.63, 3.8) is 0 Å². The zero-order valence-electron chi connectivity index (χ0n) is 15.5. The second-order valence-corrected chi connectivity index (χ2v) is 7.17. The fourth-order valence-corrected chi connectivity index (χ4v) is 3.22. The van der Waals surface area contributed by atoms with Crippen molar-refractivity contribution < 1.29 is 4.92 Å². The molecular formula is C19H17ClN6O2. The smallest absolute Gasteiger partial charge is 0.280 e. The minimum absolute atomic E-state index is 0.0360. The number of nitro groups is 1. The van der Waals surface area contributed by atoms with Crippen molar-refractivity contribution in [2.75, 3.05) is 11.9 Å². The van der Waals surface area contributed by atoms with E-state index in [1.807, 2.05) is 31.9 Å². The predicted molar refractivity (Wildman–Crippen MR) is 109 cm³/mol. The van der Waals surface area contributed by atoms with Crippen molar-refractivity contribution >= 4 is 39.8 Å². The Labute approximate surface area is 165 Å². The lowest BCUT2D eigenvalue weighted by Gasteiger charge is -2.24. The van der Waals surface area contributed by atoms with Crippen molar-refractivity contribution in [3.05, 3.63) is 57.6 Å².